The van der Waals surface area contributed by atoms with Crippen LogP contribution in [0.1, 0.15) is 31.0 Å². The van der Waals surface area contributed by atoms with Gasteiger partial charge in [-0.15, -0.1) is 0 Å². The molecular formula is C13H21FN2. The van der Waals surface area contributed by atoms with Gasteiger partial charge in [-0.1, -0.05) is 17.7 Å². The van der Waals surface area contributed by atoms with E-state index in [1.807, 2.05) is 20.0 Å². The van der Waals surface area contributed by atoms with Gasteiger partial charge < -0.3 is 5.73 Å². The molecular weight excluding hydrogens is 203 g/mol. The minimum absolute atomic E-state index is 0.0556. The fraction of sp³-hybridized carbons (Fsp3) is 0.538. The summed E-state index contributed by atoms with van der Waals surface area (Å²) in [4.78, 5) is 2.10. The van der Waals surface area contributed by atoms with Crippen molar-refractivity contribution in [1.29, 1.82) is 0 Å². The zero-order valence-corrected chi connectivity index (χ0v) is 10.5. The zero-order valence-electron chi connectivity index (χ0n) is 10.5. The Morgan fingerprint density at radius 2 is 2.00 bits per heavy atom. The Labute approximate surface area is 97.3 Å². The lowest BCUT2D eigenvalue weighted by atomic mass is 10.0. The van der Waals surface area contributed by atoms with Crippen LogP contribution in [0, 0.1) is 12.7 Å². The Morgan fingerprint density at radius 1 is 1.38 bits per heavy atom. The van der Waals surface area contributed by atoms with E-state index in [4.69, 9.17) is 5.73 Å². The van der Waals surface area contributed by atoms with Gasteiger partial charge >= 0.3 is 0 Å². The van der Waals surface area contributed by atoms with Gasteiger partial charge in [-0.3, -0.25) is 4.90 Å². The third kappa shape index (κ3) is 2.80. The van der Waals surface area contributed by atoms with Gasteiger partial charge in [0.15, 0.2) is 0 Å². The molecule has 0 aromatic heterocycles. The monoisotopic (exact) mass is 224 g/mol. The van der Waals surface area contributed by atoms with Crippen LogP contribution >= 0.6 is 0 Å². The minimum atomic E-state index is -0.173. The van der Waals surface area contributed by atoms with E-state index in [2.05, 4.69) is 18.7 Å². The fourth-order valence-corrected chi connectivity index (χ4v) is 1.79. The van der Waals surface area contributed by atoms with Crippen molar-refractivity contribution >= 4 is 0 Å². The smallest absolute Gasteiger partial charge is 0.128 e. The lowest BCUT2D eigenvalue weighted by Gasteiger charge is -2.31. The number of hydrogen-bond donors (Lipinski definition) is 1. The summed E-state index contributed by atoms with van der Waals surface area (Å²) < 4.78 is 13.7. The maximum Gasteiger partial charge on any atom is 0.128 e. The normalized spacial score (nSPS) is 13.5. The van der Waals surface area contributed by atoms with Crippen LogP contribution in [0.15, 0.2) is 18.2 Å². The number of aryl methyl sites for hydroxylation is 1. The Hall–Kier alpha value is -0.930. The van der Waals surface area contributed by atoms with Crippen LogP contribution in [0.4, 0.5) is 4.39 Å². The van der Waals surface area contributed by atoms with Crippen LogP contribution in [0.3, 0.4) is 0 Å². The molecule has 0 radical (unpaired) electrons. The van der Waals surface area contributed by atoms with Crippen LogP contribution in [-0.2, 0) is 0 Å². The molecule has 2 nitrogen and oxygen atoms in total. The molecule has 0 bridgehead atoms. The van der Waals surface area contributed by atoms with Gasteiger partial charge in [0, 0.05) is 24.2 Å². The first kappa shape index (κ1) is 13.1. The van der Waals surface area contributed by atoms with E-state index in [1.165, 1.54) is 6.07 Å². The molecule has 1 rings (SSSR count). The third-order valence-electron chi connectivity index (χ3n) is 3.04. The number of nitrogens with zero attached hydrogens (tertiary/aromatic N) is 1. The Kier molecular flexibility index (Phi) is 4.44. The van der Waals surface area contributed by atoms with E-state index in [-0.39, 0.29) is 11.9 Å². The van der Waals surface area contributed by atoms with E-state index in [0.29, 0.717) is 18.2 Å². The molecule has 2 N–H and O–H groups in total. The molecule has 0 heterocycles. The molecule has 1 unspecified atom stereocenters. The van der Waals surface area contributed by atoms with Crippen LogP contribution in [0.25, 0.3) is 0 Å². The highest BCUT2D eigenvalue weighted by Gasteiger charge is 2.20. The van der Waals surface area contributed by atoms with Gasteiger partial charge in [0.25, 0.3) is 0 Å². The summed E-state index contributed by atoms with van der Waals surface area (Å²) in [6.45, 7) is 6.55. The topological polar surface area (TPSA) is 29.3 Å². The van der Waals surface area contributed by atoms with Crippen molar-refractivity contribution in [3.63, 3.8) is 0 Å². The van der Waals surface area contributed by atoms with Crippen molar-refractivity contribution in [2.45, 2.75) is 32.9 Å². The standard InChI is InChI=1S/C13H21FN2/c1-9(2)16(4)13(8-15)11-7-10(3)5-6-12(11)14/h5-7,9,13H,8,15H2,1-4H3. The molecule has 3 heteroatoms. The van der Waals surface area contributed by atoms with Gasteiger partial charge in [0.1, 0.15) is 5.82 Å². The van der Waals surface area contributed by atoms with Gasteiger partial charge in [-0.25, -0.2) is 4.39 Å². The van der Waals surface area contributed by atoms with Gasteiger partial charge in [0.2, 0.25) is 0 Å². The summed E-state index contributed by atoms with van der Waals surface area (Å²) in [7, 11) is 1.98. The highest BCUT2D eigenvalue weighted by Crippen LogP contribution is 2.23. The van der Waals surface area contributed by atoms with E-state index in [0.717, 1.165) is 5.56 Å². The number of likely N-dealkylation sites (N-methyl/N-ethyl adjacent to an activating group) is 1. The van der Waals surface area contributed by atoms with Crippen molar-refractivity contribution in [3.05, 3.63) is 35.1 Å². The lowest BCUT2D eigenvalue weighted by Crippen LogP contribution is -2.36. The van der Waals surface area contributed by atoms with E-state index >= 15 is 0 Å². The maximum atomic E-state index is 13.7. The summed E-state index contributed by atoms with van der Waals surface area (Å²) in [6, 6.07) is 5.46. The van der Waals surface area contributed by atoms with Gasteiger partial charge in [0.05, 0.1) is 0 Å². The summed E-state index contributed by atoms with van der Waals surface area (Å²) in [5.41, 5.74) is 7.51. The largest absolute Gasteiger partial charge is 0.329 e. The van der Waals surface area contributed by atoms with Crippen LogP contribution in [-0.4, -0.2) is 24.5 Å². The number of rotatable bonds is 4. The van der Waals surface area contributed by atoms with Crippen LogP contribution in [0.2, 0.25) is 0 Å². The first-order chi connectivity index (χ1) is 7.47. The number of benzene rings is 1. The molecule has 0 fully saturated rings. The summed E-state index contributed by atoms with van der Waals surface area (Å²) in [5.74, 6) is -0.173. The third-order valence-corrected chi connectivity index (χ3v) is 3.04. The second-order valence-electron chi connectivity index (χ2n) is 4.54. The van der Waals surface area contributed by atoms with Crippen molar-refractivity contribution in [2.24, 2.45) is 5.73 Å². The lowest BCUT2D eigenvalue weighted by molar-refractivity contribution is 0.197. The highest BCUT2D eigenvalue weighted by molar-refractivity contribution is 5.27. The molecule has 0 aliphatic rings. The van der Waals surface area contributed by atoms with E-state index in [9.17, 15) is 4.39 Å². The number of hydrogen-bond acceptors (Lipinski definition) is 2. The minimum Gasteiger partial charge on any atom is -0.329 e. The first-order valence-electron chi connectivity index (χ1n) is 5.65. The molecule has 0 amide bonds. The van der Waals surface area contributed by atoms with Gasteiger partial charge in [-0.05, 0) is 33.9 Å². The first-order valence-corrected chi connectivity index (χ1v) is 5.65. The second kappa shape index (κ2) is 5.41. The predicted octanol–water partition coefficient (Wildman–Crippen LogP) is 2.47. The van der Waals surface area contributed by atoms with Crippen LogP contribution in [0.5, 0.6) is 0 Å². The second-order valence-corrected chi connectivity index (χ2v) is 4.54. The molecule has 1 aromatic rings. The average molecular weight is 224 g/mol. The predicted molar refractivity (Wildman–Crippen MR) is 65.8 cm³/mol. The van der Waals surface area contributed by atoms with E-state index < -0.39 is 0 Å². The Bertz CT molecular complexity index is 350. The highest BCUT2D eigenvalue weighted by atomic mass is 19.1. The van der Waals surface area contributed by atoms with Crippen molar-refractivity contribution in [3.8, 4) is 0 Å². The Morgan fingerprint density at radius 3 is 2.50 bits per heavy atom. The molecule has 1 atom stereocenters. The fourth-order valence-electron chi connectivity index (χ4n) is 1.79. The molecule has 0 aliphatic carbocycles. The van der Waals surface area contributed by atoms with Crippen molar-refractivity contribution in [2.75, 3.05) is 13.6 Å². The molecule has 0 saturated carbocycles. The Balaban J connectivity index is 3.07. The zero-order chi connectivity index (χ0) is 12.3. The molecule has 0 aliphatic heterocycles. The molecule has 90 valence electrons. The maximum absolute atomic E-state index is 13.7. The van der Waals surface area contributed by atoms with Gasteiger partial charge in [-0.2, -0.15) is 0 Å². The summed E-state index contributed by atoms with van der Waals surface area (Å²) >= 11 is 0. The molecule has 0 saturated heterocycles. The van der Waals surface area contributed by atoms with Crippen molar-refractivity contribution in [1.82, 2.24) is 4.90 Å². The van der Waals surface area contributed by atoms with Crippen LogP contribution < -0.4 is 5.73 Å². The number of halogens is 1. The summed E-state index contributed by atoms with van der Waals surface area (Å²) in [6.07, 6.45) is 0. The van der Waals surface area contributed by atoms with E-state index in [1.54, 1.807) is 6.07 Å². The SMILES string of the molecule is Cc1ccc(F)c(C(CN)N(C)C(C)C)c1. The quantitative estimate of drug-likeness (QED) is 0.851. The average Bonchev–Trinajstić information content (AvgIpc) is 2.23. The molecule has 1 aromatic carbocycles. The molecule has 16 heavy (non-hydrogen) atoms. The summed E-state index contributed by atoms with van der Waals surface area (Å²) in [5, 5.41) is 0. The van der Waals surface area contributed by atoms with Crippen molar-refractivity contribution < 1.29 is 4.39 Å². The molecule has 0 spiro atoms. The number of nitrogens with two attached hydrogens (primary N) is 1.